The van der Waals surface area contributed by atoms with E-state index < -0.39 is 0 Å². The summed E-state index contributed by atoms with van der Waals surface area (Å²) in [5, 5.41) is 10.1. The van der Waals surface area contributed by atoms with Gasteiger partial charge in [-0.1, -0.05) is 5.16 Å². The molecule has 16 heavy (non-hydrogen) atoms. The number of nitrogens with one attached hydrogen (secondary N) is 1. The molecule has 0 saturated carbocycles. The average molecular weight is 221 g/mol. The predicted octanol–water partition coefficient (Wildman–Crippen LogP) is 0.551. The van der Waals surface area contributed by atoms with E-state index in [9.17, 15) is 4.79 Å². The molecule has 0 aliphatic heterocycles. The average Bonchev–Trinajstić information content (AvgIpc) is 2.73. The zero-order chi connectivity index (χ0) is 11.7. The molecule has 0 aromatic carbocycles. The molecule has 84 valence electrons. The van der Waals surface area contributed by atoms with Gasteiger partial charge in [-0.15, -0.1) is 0 Å². The molecule has 0 aliphatic rings. The molecule has 2 aromatic rings. The SMILES string of the molecule is Cc1cc(NC(=O)c2cc(N)nn2C)no1. The van der Waals surface area contributed by atoms with Crippen LogP contribution < -0.4 is 11.1 Å². The van der Waals surface area contributed by atoms with Crippen molar-refractivity contribution in [3.63, 3.8) is 0 Å². The van der Waals surface area contributed by atoms with Gasteiger partial charge in [-0.25, -0.2) is 0 Å². The highest BCUT2D eigenvalue weighted by molar-refractivity contribution is 6.02. The normalized spacial score (nSPS) is 10.4. The number of carbonyl (C=O) groups excluding carboxylic acids is 1. The summed E-state index contributed by atoms with van der Waals surface area (Å²) >= 11 is 0. The van der Waals surface area contributed by atoms with Gasteiger partial charge in [-0.3, -0.25) is 9.48 Å². The van der Waals surface area contributed by atoms with Crippen LogP contribution in [0.3, 0.4) is 0 Å². The van der Waals surface area contributed by atoms with Gasteiger partial charge in [-0.2, -0.15) is 5.10 Å². The van der Waals surface area contributed by atoms with Crippen LogP contribution >= 0.6 is 0 Å². The molecule has 1 amide bonds. The number of aromatic nitrogens is 3. The molecule has 0 fully saturated rings. The number of nitrogen functional groups attached to an aromatic ring is 1. The van der Waals surface area contributed by atoms with Crippen LogP contribution in [-0.2, 0) is 7.05 Å². The smallest absolute Gasteiger partial charge is 0.275 e. The monoisotopic (exact) mass is 221 g/mol. The minimum atomic E-state index is -0.333. The molecular weight excluding hydrogens is 210 g/mol. The van der Waals surface area contributed by atoms with Gasteiger partial charge in [0.05, 0.1) is 0 Å². The molecule has 0 bridgehead atoms. The predicted molar refractivity (Wildman–Crippen MR) is 56.8 cm³/mol. The first kappa shape index (κ1) is 10.2. The quantitative estimate of drug-likeness (QED) is 0.771. The largest absolute Gasteiger partial charge is 0.382 e. The highest BCUT2D eigenvalue weighted by Gasteiger charge is 2.13. The number of anilines is 2. The number of nitrogens with two attached hydrogens (primary N) is 1. The van der Waals surface area contributed by atoms with E-state index in [1.54, 1.807) is 20.0 Å². The van der Waals surface area contributed by atoms with E-state index >= 15 is 0 Å². The maximum Gasteiger partial charge on any atom is 0.275 e. The Kier molecular flexibility index (Phi) is 2.35. The summed E-state index contributed by atoms with van der Waals surface area (Å²) in [7, 11) is 1.64. The highest BCUT2D eigenvalue weighted by Crippen LogP contribution is 2.10. The van der Waals surface area contributed by atoms with Crippen molar-refractivity contribution in [1.29, 1.82) is 0 Å². The van der Waals surface area contributed by atoms with Crippen LogP contribution in [0.4, 0.5) is 11.6 Å². The lowest BCUT2D eigenvalue weighted by Crippen LogP contribution is -2.16. The van der Waals surface area contributed by atoms with Gasteiger partial charge in [0.15, 0.2) is 5.82 Å². The lowest BCUT2D eigenvalue weighted by atomic mass is 10.4. The lowest BCUT2D eigenvalue weighted by molar-refractivity contribution is 0.101. The van der Waals surface area contributed by atoms with E-state index in [4.69, 9.17) is 10.3 Å². The molecular formula is C9H11N5O2. The zero-order valence-corrected chi connectivity index (χ0v) is 8.89. The standard InChI is InChI=1S/C9H11N5O2/c1-5-3-8(13-16-5)11-9(15)6-4-7(10)12-14(6)2/h3-4H,1-2H3,(H2,10,12)(H,11,13,15). The Morgan fingerprint density at radius 2 is 2.31 bits per heavy atom. The van der Waals surface area contributed by atoms with E-state index in [0.29, 0.717) is 23.1 Å². The number of hydrogen-bond donors (Lipinski definition) is 2. The number of rotatable bonds is 2. The highest BCUT2D eigenvalue weighted by atomic mass is 16.5. The summed E-state index contributed by atoms with van der Waals surface area (Å²) in [4.78, 5) is 11.7. The van der Waals surface area contributed by atoms with E-state index in [1.807, 2.05) is 0 Å². The van der Waals surface area contributed by atoms with Crippen LogP contribution in [0.15, 0.2) is 16.7 Å². The topological polar surface area (TPSA) is 99.0 Å². The molecule has 2 aromatic heterocycles. The lowest BCUT2D eigenvalue weighted by Gasteiger charge is -2.00. The van der Waals surface area contributed by atoms with Gasteiger partial charge >= 0.3 is 0 Å². The number of nitrogens with zero attached hydrogens (tertiary/aromatic N) is 3. The first-order valence-electron chi connectivity index (χ1n) is 4.60. The second-order valence-electron chi connectivity index (χ2n) is 3.35. The van der Waals surface area contributed by atoms with Gasteiger partial charge in [0.25, 0.3) is 5.91 Å². The van der Waals surface area contributed by atoms with Crippen LogP contribution in [0.5, 0.6) is 0 Å². The summed E-state index contributed by atoms with van der Waals surface area (Å²) < 4.78 is 6.23. The van der Waals surface area contributed by atoms with Crippen molar-refractivity contribution in [3.05, 3.63) is 23.6 Å². The third-order valence-corrected chi connectivity index (χ3v) is 2.00. The van der Waals surface area contributed by atoms with Crippen LogP contribution in [0.25, 0.3) is 0 Å². The Balaban J connectivity index is 2.17. The fraction of sp³-hybridized carbons (Fsp3) is 0.222. The van der Waals surface area contributed by atoms with Crippen LogP contribution in [-0.4, -0.2) is 20.8 Å². The van der Waals surface area contributed by atoms with E-state index in [-0.39, 0.29) is 5.91 Å². The maximum absolute atomic E-state index is 11.7. The first-order valence-corrected chi connectivity index (χ1v) is 4.60. The molecule has 0 spiro atoms. The van der Waals surface area contributed by atoms with Crippen molar-refractivity contribution >= 4 is 17.5 Å². The van der Waals surface area contributed by atoms with Crippen LogP contribution in [0.2, 0.25) is 0 Å². The minimum absolute atomic E-state index is 0.295. The van der Waals surface area contributed by atoms with Crippen molar-refractivity contribution in [3.8, 4) is 0 Å². The summed E-state index contributed by atoms with van der Waals surface area (Å²) in [5.74, 6) is 0.950. The maximum atomic E-state index is 11.7. The summed E-state index contributed by atoms with van der Waals surface area (Å²) in [6.45, 7) is 1.74. The van der Waals surface area contributed by atoms with Crippen molar-refractivity contribution < 1.29 is 9.32 Å². The number of aryl methyl sites for hydroxylation is 2. The Labute approximate surface area is 91.2 Å². The second-order valence-corrected chi connectivity index (χ2v) is 3.35. The number of amides is 1. The molecule has 2 rings (SSSR count). The third kappa shape index (κ3) is 1.88. The Hall–Kier alpha value is -2.31. The molecule has 0 radical (unpaired) electrons. The Morgan fingerprint density at radius 1 is 1.56 bits per heavy atom. The molecule has 7 heteroatoms. The van der Waals surface area contributed by atoms with E-state index in [2.05, 4.69) is 15.6 Å². The summed E-state index contributed by atoms with van der Waals surface area (Å²) in [5.41, 5.74) is 5.83. The molecule has 0 saturated heterocycles. The van der Waals surface area contributed by atoms with Gasteiger partial charge in [0, 0.05) is 19.2 Å². The second kappa shape index (κ2) is 3.69. The molecule has 0 unspecified atom stereocenters. The minimum Gasteiger partial charge on any atom is -0.382 e. The van der Waals surface area contributed by atoms with Crippen molar-refractivity contribution in [2.24, 2.45) is 7.05 Å². The van der Waals surface area contributed by atoms with Crippen molar-refractivity contribution in [1.82, 2.24) is 14.9 Å². The van der Waals surface area contributed by atoms with Crippen molar-refractivity contribution in [2.75, 3.05) is 11.1 Å². The van der Waals surface area contributed by atoms with Crippen molar-refractivity contribution in [2.45, 2.75) is 6.92 Å². The third-order valence-electron chi connectivity index (χ3n) is 2.00. The van der Waals surface area contributed by atoms with Crippen LogP contribution in [0.1, 0.15) is 16.2 Å². The summed E-state index contributed by atoms with van der Waals surface area (Å²) in [6.07, 6.45) is 0. The number of hydrogen-bond acceptors (Lipinski definition) is 5. The van der Waals surface area contributed by atoms with Crippen LogP contribution in [0, 0.1) is 6.92 Å². The molecule has 0 atom stereocenters. The fourth-order valence-corrected chi connectivity index (χ4v) is 1.31. The van der Waals surface area contributed by atoms with Gasteiger partial charge in [0.2, 0.25) is 0 Å². The fourth-order valence-electron chi connectivity index (χ4n) is 1.31. The van der Waals surface area contributed by atoms with Gasteiger partial charge in [-0.05, 0) is 6.92 Å². The van der Waals surface area contributed by atoms with E-state index in [1.165, 1.54) is 10.7 Å². The first-order chi connectivity index (χ1) is 7.56. The summed E-state index contributed by atoms with van der Waals surface area (Å²) in [6, 6.07) is 3.11. The Bertz CT molecular complexity index is 528. The Morgan fingerprint density at radius 3 is 2.81 bits per heavy atom. The van der Waals surface area contributed by atoms with Gasteiger partial charge < -0.3 is 15.6 Å². The van der Waals surface area contributed by atoms with E-state index in [0.717, 1.165) is 0 Å². The molecule has 3 N–H and O–H groups in total. The zero-order valence-electron chi connectivity index (χ0n) is 8.89. The number of carbonyl (C=O) groups is 1. The van der Waals surface area contributed by atoms with Gasteiger partial charge in [0.1, 0.15) is 17.3 Å². The molecule has 7 nitrogen and oxygen atoms in total. The molecule has 0 aliphatic carbocycles. The molecule has 2 heterocycles.